The van der Waals surface area contributed by atoms with Crippen molar-refractivity contribution >= 4 is 0 Å². The Morgan fingerprint density at radius 1 is 1.20 bits per heavy atom. The van der Waals surface area contributed by atoms with Crippen LogP contribution < -0.4 is 0 Å². The number of alkyl halides is 1. The van der Waals surface area contributed by atoms with Crippen LogP contribution in [-0.2, 0) is 0 Å². The van der Waals surface area contributed by atoms with Crippen molar-refractivity contribution < 1.29 is 4.39 Å². The molecule has 0 aromatic rings. The number of hydrogen-bond acceptors (Lipinski definition) is 1. The van der Waals surface area contributed by atoms with Crippen LogP contribution in [0.2, 0.25) is 0 Å². The molecule has 3 nitrogen and oxygen atoms in total. The predicted octanol–water partition coefficient (Wildman–Crippen LogP) is 2.83. The van der Waals surface area contributed by atoms with Gasteiger partial charge in [-0.3, -0.25) is 4.39 Å². The minimum atomic E-state index is -0.235. The molecular formula is C6H12FN3. The SMILES string of the molecule is [N-]=[N+]=NCCCCCC[18F]. The Kier molecular flexibility index (Phi) is 7.61. The van der Waals surface area contributed by atoms with Crippen molar-refractivity contribution in [2.24, 2.45) is 5.11 Å². The Morgan fingerprint density at radius 2 is 1.90 bits per heavy atom. The molecule has 0 amide bonds. The summed E-state index contributed by atoms with van der Waals surface area (Å²) in [6, 6.07) is 0. The zero-order valence-electron chi connectivity index (χ0n) is 5.96. The second-order valence-electron chi connectivity index (χ2n) is 2.06. The van der Waals surface area contributed by atoms with Crippen molar-refractivity contribution in [2.75, 3.05) is 13.2 Å². The summed E-state index contributed by atoms with van der Waals surface area (Å²) in [5.74, 6) is 0. The zero-order valence-corrected chi connectivity index (χ0v) is 5.96. The molecule has 0 unspecified atom stereocenters. The van der Waals surface area contributed by atoms with Crippen LogP contribution in [0, 0.1) is 0 Å². The van der Waals surface area contributed by atoms with Gasteiger partial charge in [-0.05, 0) is 18.4 Å². The number of hydrogen-bond donors (Lipinski definition) is 0. The maximum absolute atomic E-state index is 11.5. The highest BCUT2D eigenvalue weighted by molar-refractivity contribution is 4.47. The number of nitrogens with zero attached hydrogens (tertiary/aromatic N) is 3. The molecule has 0 spiro atoms. The maximum atomic E-state index is 11.5. The molecule has 0 saturated heterocycles. The highest BCUT2D eigenvalue weighted by atomic mass is 18.2. The normalized spacial score (nSPS) is 8.90. The van der Waals surface area contributed by atoms with Crippen LogP contribution in [0.1, 0.15) is 25.7 Å². The standard InChI is InChI=1S/C6H12FN3/c7-5-3-1-2-4-6-9-10-8/h1-6H2/i7-1. The van der Waals surface area contributed by atoms with Gasteiger partial charge in [0.05, 0.1) is 6.67 Å². The lowest BCUT2D eigenvalue weighted by molar-refractivity contribution is 0.454. The van der Waals surface area contributed by atoms with Gasteiger partial charge in [-0.25, -0.2) is 0 Å². The van der Waals surface area contributed by atoms with Crippen molar-refractivity contribution in [1.82, 2.24) is 0 Å². The summed E-state index contributed by atoms with van der Waals surface area (Å²) in [5.41, 5.74) is 7.87. The Hall–Kier alpha value is -0.760. The fourth-order valence-electron chi connectivity index (χ4n) is 0.675. The van der Waals surface area contributed by atoms with Crippen molar-refractivity contribution in [3.8, 4) is 0 Å². The molecule has 0 aliphatic heterocycles. The molecule has 58 valence electrons. The Balaban J connectivity index is 2.83. The minimum Gasteiger partial charge on any atom is -0.251 e. The summed E-state index contributed by atoms with van der Waals surface area (Å²) >= 11 is 0. The molecule has 10 heavy (non-hydrogen) atoms. The lowest BCUT2D eigenvalue weighted by Gasteiger charge is -1.92. The van der Waals surface area contributed by atoms with E-state index in [2.05, 4.69) is 10.0 Å². The molecule has 0 rings (SSSR count). The van der Waals surface area contributed by atoms with Crippen LogP contribution in [0.3, 0.4) is 0 Å². The lowest BCUT2D eigenvalue weighted by Crippen LogP contribution is -1.81. The Labute approximate surface area is 59.9 Å². The van der Waals surface area contributed by atoms with Gasteiger partial charge in [0.2, 0.25) is 0 Å². The maximum Gasteiger partial charge on any atom is 0.0894 e. The topological polar surface area (TPSA) is 48.8 Å². The monoisotopic (exact) mass is 144 g/mol. The van der Waals surface area contributed by atoms with Gasteiger partial charge >= 0.3 is 0 Å². The molecule has 0 aromatic carbocycles. The van der Waals surface area contributed by atoms with E-state index in [4.69, 9.17) is 5.53 Å². The second-order valence-corrected chi connectivity index (χ2v) is 2.06. The summed E-state index contributed by atoms with van der Waals surface area (Å²) in [6.07, 6.45) is 3.38. The van der Waals surface area contributed by atoms with Crippen molar-refractivity contribution in [1.29, 1.82) is 0 Å². The van der Waals surface area contributed by atoms with Crippen molar-refractivity contribution in [2.45, 2.75) is 25.7 Å². The van der Waals surface area contributed by atoms with Gasteiger partial charge in [-0.1, -0.05) is 18.0 Å². The molecule has 0 bridgehead atoms. The minimum absolute atomic E-state index is 0.235. The molecule has 0 saturated carbocycles. The average molecular weight is 144 g/mol. The molecular weight excluding hydrogens is 132 g/mol. The molecule has 0 atom stereocenters. The molecule has 0 fully saturated rings. The third-order valence-electron chi connectivity index (χ3n) is 1.20. The largest absolute Gasteiger partial charge is 0.251 e. The van der Waals surface area contributed by atoms with Crippen molar-refractivity contribution in [3.63, 3.8) is 0 Å². The first-order chi connectivity index (χ1) is 4.91. The van der Waals surface area contributed by atoms with Gasteiger partial charge in [-0.15, -0.1) is 0 Å². The average Bonchev–Trinajstić information content (AvgIpc) is 1.97. The van der Waals surface area contributed by atoms with E-state index >= 15 is 0 Å². The summed E-state index contributed by atoms with van der Waals surface area (Å²) in [4.78, 5) is 2.60. The van der Waals surface area contributed by atoms with Crippen LogP contribution in [0.15, 0.2) is 5.11 Å². The highest BCUT2D eigenvalue weighted by Crippen LogP contribution is 1.99. The third kappa shape index (κ3) is 7.24. The predicted molar refractivity (Wildman–Crippen MR) is 38.5 cm³/mol. The van der Waals surface area contributed by atoms with Crippen molar-refractivity contribution in [3.05, 3.63) is 10.4 Å². The zero-order chi connectivity index (χ0) is 7.66. The van der Waals surface area contributed by atoms with E-state index in [1.165, 1.54) is 0 Å². The molecule has 4 heteroatoms. The van der Waals surface area contributed by atoms with Gasteiger partial charge in [-0.2, -0.15) is 0 Å². The van der Waals surface area contributed by atoms with E-state index in [1.54, 1.807) is 0 Å². The van der Waals surface area contributed by atoms with E-state index in [1.807, 2.05) is 0 Å². The van der Waals surface area contributed by atoms with E-state index in [0.29, 0.717) is 13.0 Å². The van der Waals surface area contributed by atoms with Gasteiger partial charge in [0.25, 0.3) is 0 Å². The fourth-order valence-corrected chi connectivity index (χ4v) is 0.675. The van der Waals surface area contributed by atoms with Crippen LogP contribution in [0.25, 0.3) is 10.4 Å². The third-order valence-corrected chi connectivity index (χ3v) is 1.20. The molecule has 0 aliphatic carbocycles. The first kappa shape index (κ1) is 9.24. The number of azide groups is 1. The highest BCUT2D eigenvalue weighted by Gasteiger charge is 1.86. The lowest BCUT2D eigenvalue weighted by atomic mass is 10.2. The second kappa shape index (κ2) is 8.24. The van der Waals surface area contributed by atoms with E-state index in [-0.39, 0.29) is 6.67 Å². The molecule has 0 N–H and O–H groups in total. The Bertz CT molecular complexity index is 110. The smallest absolute Gasteiger partial charge is 0.0894 e. The molecule has 0 radical (unpaired) electrons. The van der Waals surface area contributed by atoms with E-state index in [9.17, 15) is 4.39 Å². The first-order valence-electron chi connectivity index (χ1n) is 3.48. The first-order valence-corrected chi connectivity index (χ1v) is 3.48. The van der Waals surface area contributed by atoms with E-state index < -0.39 is 0 Å². The summed E-state index contributed by atoms with van der Waals surface area (Å²) < 4.78 is 11.5. The van der Waals surface area contributed by atoms with Gasteiger partial charge in [0.15, 0.2) is 0 Å². The number of halogens is 1. The van der Waals surface area contributed by atoms with Crippen LogP contribution in [-0.4, -0.2) is 13.2 Å². The van der Waals surface area contributed by atoms with Gasteiger partial charge in [0.1, 0.15) is 0 Å². The fraction of sp³-hybridized carbons (Fsp3) is 1.00. The number of unbranched alkanes of at least 4 members (excludes halogenated alkanes) is 3. The number of rotatable bonds is 6. The summed E-state index contributed by atoms with van der Waals surface area (Å²) in [7, 11) is 0. The van der Waals surface area contributed by atoms with Gasteiger partial charge < -0.3 is 0 Å². The molecule has 0 aliphatic rings. The molecule has 0 heterocycles. The van der Waals surface area contributed by atoms with E-state index in [0.717, 1.165) is 19.3 Å². The Morgan fingerprint density at radius 3 is 2.50 bits per heavy atom. The summed E-state index contributed by atoms with van der Waals surface area (Å²) in [5, 5.41) is 3.36. The molecule has 0 aromatic heterocycles. The van der Waals surface area contributed by atoms with Crippen LogP contribution >= 0.6 is 0 Å². The van der Waals surface area contributed by atoms with Crippen LogP contribution in [0.5, 0.6) is 0 Å². The summed E-state index contributed by atoms with van der Waals surface area (Å²) in [6.45, 7) is 0.310. The quantitative estimate of drug-likeness (QED) is 0.238. The van der Waals surface area contributed by atoms with Crippen LogP contribution in [0.4, 0.5) is 4.39 Å². The van der Waals surface area contributed by atoms with Gasteiger partial charge in [0, 0.05) is 11.5 Å².